The molecule has 0 radical (unpaired) electrons. The van der Waals surface area contributed by atoms with Gasteiger partial charge in [0.05, 0.1) is 16.9 Å². The highest BCUT2D eigenvalue weighted by Gasteiger charge is 2.15. The third-order valence-electron chi connectivity index (χ3n) is 4.96. The maximum absolute atomic E-state index is 12.9. The van der Waals surface area contributed by atoms with Crippen LogP contribution in [0.4, 0.5) is 5.69 Å². The van der Waals surface area contributed by atoms with Gasteiger partial charge in [-0.15, -0.1) is 0 Å². The number of aryl methyl sites for hydroxylation is 1. The molecule has 5 rings (SSSR count). The Morgan fingerprint density at radius 2 is 1.86 bits per heavy atom. The summed E-state index contributed by atoms with van der Waals surface area (Å²) in [4.78, 5) is 20.9. The second-order valence-corrected chi connectivity index (χ2v) is 6.80. The molecule has 1 amide bonds. The number of fused-ring (bicyclic) bond motifs is 2. The van der Waals surface area contributed by atoms with E-state index in [4.69, 9.17) is 4.98 Å². The van der Waals surface area contributed by atoms with Crippen molar-refractivity contribution >= 4 is 28.1 Å². The van der Waals surface area contributed by atoms with Crippen molar-refractivity contribution in [2.24, 2.45) is 0 Å². The number of imidazole rings is 1. The maximum Gasteiger partial charge on any atom is 0.257 e. The lowest BCUT2D eigenvalue weighted by Gasteiger charge is -2.09. The molecule has 5 heteroatoms. The zero-order valence-corrected chi connectivity index (χ0v) is 15.3. The second-order valence-electron chi connectivity index (χ2n) is 6.80. The molecule has 0 spiro atoms. The van der Waals surface area contributed by atoms with Gasteiger partial charge < -0.3 is 14.7 Å². The lowest BCUT2D eigenvalue weighted by molar-refractivity contribution is 0.102. The van der Waals surface area contributed by atoms with Crippen LogP contribution in [0.1, 0.15) is 15.9 Å². The van der Waals surface area contributed by atoms with Gasteiger partial charge in [-0.1, -0.05) is 42.5 Å². The van der Waals surface area contributed by atoms with Crippen LogP contribution in [-0.4, -0.2) is 20.3 Å². The predicted molar refractivity (Wildman–Crippen MR) is 112 cm³/mol. The number of hydrogen-bond acceptors (Lipinski definition) is 2. The molecule has 0 saturated carbocycles. The monoisotopic (exact) mass is 366 g/mol. The average molecular weight is 366 g/mol. The Bertz CT molecular complexity index is 1330. The van der Waals surface area contributed by atoms with Crippen LogP contribution < -0.4 is 5.32 Å². The molecule has 0 unspecified atom stereocenters. The Hall–Kier alpha value is -3.86. The van der Waals surface area contributed by atoms with Crippen LogP contribution in [-0.2, 0) is 0 Å². The number of benzene rings is 2. The third kappa shape index (κ3) is 2.65. The molecule has 136 valence electrons. The highest BCUT2D eigenvalue weighted by molar-refractivity contribution is 6.13. The molecular weight excluding hydrogens is 348 g/mol. The number of nitrogens with one attached hydrogen (secondary N) is 2. The van der Waals surface area contributed by atoms with Crippen LogP contribution in [0.15, 0.2) is 79.3 Å². The molecule has 2 N–H and O–H groups in total. The summed E-state index contributed by atoms with van der Waals surface area (Å²) < 4.78 is 2.00. The molecule has 28 heavy (non-hydrogen) atoms. The molecule has 0 aliphatic carbocycles. The van der Waals surface area contributed by atoms with Crippen molar-refractivity contribution in [3.05, 3.63) is 90.4 Å². The van der Waals surface area contributed by atoms with E-state index in [2.05, 4.69) is 10.3 Å². The lowest BCUT2D eigenvalue weighted by Crippen LogP contribution is -2.12. The number of aromatic amines is 1. The Balaban J connectivity index is 1.54. The lowest BCUT2D eigenvalue weighted by atomic mass is 10.1. The van der Waals surface area contributed by atoms with Crippen LogP contribution in [0, 0.1) is 6.92 Å². The van der Waals surface area contributed by atoms with Gasteiger partial charge in [0.25, 0.3) is 5.91 Å². The minimum absolute atomic E-state index is 0.148. The van der Waals surface area contributed by atoms with Gasteiger partial charge in [0.2, 0.25) is 0 Å². The molecule has 0 atom stereocenters. The first-order valence-electron chi connectivity index (χ1n) is 9.12. The van der Waals surface area contributed by atoms with Gasteiger partial charge in [-0.3, -0.25) is 4.79 Å². The third-order valence-corrected chi connectivity index (χ3v) is 4.96. The largest absolute Gasteiger partial charge is 0.360 e. The van der Waals surface area contributed by atoms with Gasteiger partial charge in [0.1, 0.15) is 5.65 Å². The van der Waals surface area contributed by atoms with E-state index in [0.29, 0.717) is 5.56 Å². The van der Waals surface area contributed by atoms with Crippen LogP contribution in [0.5, 0.6) is 0 Å². The molecule has 5 nitrogen and oxygen atoms in total. The van der Waals surface area contributed by atoms with Crippen molar-refractivity contribution < 1.29 is 4.79 Å². The molecule has 0 saturated heterocycles. The minimum Gasteiger partial charge on any atom is -0.360 e. The van der Waals surface area contributed by atoms with E-state index >= 15 is 0 Å². The first-order valence-corrected chi connectivity index (χ1v) is 9.12. The van der Waals surface area contributed by atoms with E-state index in [1.165, 1.54) is 0 Å². The highest BCUT2D eigenvalue weighted by Crippen LogP contribution is 2.29. The van der Waals surface area contributed by atoms with Crippen LogP contribution in [0.3, 0.4) is 0 Å². The number of carbonyl (C=O) groups is 1. The van der Waals surface area contributed by atoms with Gasteiger partial charge >= 0.3 is 0 Å². The molecule has 2 aromatic carbocycles. The number of carbonyl (C=O) groups excluding carboxylic acids is 1. The Labute approximate surface area is 161 Å². The van der Waals surface area contributed by atoms with Gasteiger partial charge in [-0.2, -0.15) is 0 Å². The fourth-order valence-corrected chi connectivity index (χ4v) is 3.55. The normalized spacial score (nSPS) is 11.2. The van der Waals surface area contributed by atoms with Crippen LogP contribution >= 0.6 is 0 Å². The number of aromatic nitrogens is 3. The number of H-pyrrole nitrogens is 1. The number of rotatable bonds is 3. The standard InChI is InChI=1S/C23H18N4O/c1-15-7-6-12-27-14-21(25-22(15)27)17-9-3-5-11-20(17)26-23(28)18-13-24-19-10-4-2-8-16(18)19/h2-14,24H,1H3,(H,26,28). The molecule has 0 aliphatic rings. The Morgan fingerprint density at radius 1 is 1.04 bits per heavy atom. The Kier molecular flexibility index (Phi) is 3.72. The van der Waals surface area contributed by atoms with Crippen molar-refractivity contribution in [3.8, 4) is 11.3 Å². The molecule has 3 heterocycles. The van der Waals surface area contributed by atoms with E-state index in [0.717, 1.165) is 39.1 Å². The molecule has 0 bridgehead atoms. The summed E-state index contributed by atoms with van der Waals surface area (Å²) in [5, 5.41) is 3.96. The predicted octanol–water partition coefficient (Wildman–Crippen LogP) is 5.04. The minimum atomic E-state index is -0.148. The van der Waals surface area contributed by atoms with Crippen molar-refractivity contribution in [1.82, 2.24) is 14.4 Å². The highest BCUT2D eigenvalue weighted by atomic mass is 16.1. The summed E-state index contributed by atoms with van der Waals surface area (Å²) in [5.41, 5.74) is 6.03. The Morgan fingerprint density at radius 3 is 2.75 bits per heavy atom. The zero-order valence-electron chi connectivity index (χ0n) is 15.3. The van der Waals surface area contributed by atoms with Crippen LogP contribution in [0.25, 0.3) is 27.8 Å². The first kappa shape index (κ1) is 16.3. The number of pyridine rings is 1. The van der Waals surface area contributed by atoms with Gasteiger partial charge in [0.15, 0.2) is 0 Å². The maximum atomic E-state index is 12.9. The van der Waals surface area contributed by atoms with Gasteiger partial charge in [-0.25, -0.2) is 4.98 Å². The van der Waals surface area contributed by atoms with E-state index in [1.54, 1.807) is 6.20 Å². The number of nitrogens with zero attached hydrogens (tertiary/aromatic N) is 2. The molecule has 3 aromatic heterocycles. The number of amides is 1. The summed E-state index contributed by atoms with van der Waals surface area (Å²) in [7, 11) is 0. The molecular formula is C23H18N4O. The fraction of sp³-hybridized carbons (Fsp3) is 0.0435. The number of hydrogen-bond donors (Lipinski definition) is 2. The summed E-state index contributed by atoms with van der Waals surface area (Å²) >= 11 is 0. The SMILES string of the molecule is Cc1cccn2cc(-c3ccccc3NC(=O)c3c[nH]c4ccccc34)nc12. The van der Waals surface area contributed by atoms with Crippen molar-refractivity contribution in [2.75, 3.05) is 5.32 Å². The van der Waals surface area contributed by atoms with E-state index in [9.17, 15) is 4.79 Å². The zero-order chi connectivity index (χ0) is 19.1. The molecule has 0 fully saturated rings. The summed E-state index contributed by atoms with van der Waals surface area (Å²) in [6, 6.07) is 19.6. The second kappa shape index (κ2) is 6.39. The van der Waals surface area contributed by atoms with E-state index in [-0.39, 0.29) is 5.91 Å². The summed E-state index contributed by atoms with van der Waals surface area (Å²) in [5.74, 6) is -0.148. The smallest absolute Gasteiger partial charge is 0.257 e. The molecule has 5 aromatic rings. The van der Waals surface area contributed by atoms with Gasteiger partial charge in [0, 0.05) is 35.1 Å². The quantitative estimate of drug-likeness (QED) is 0.470. The van der Waals surface area contributed by atoms with Crippen LogP contribution in [0.2, 0.25) is 0 Å². The topological polar surface area (TPSA) is 62.2 Å². The van der Waals surface area contributed by atoms with Crippen molar-refractivity contribution in [1.29, 1.82) is 0 Å². The van der Waals surface area contributed by atoms with E-state index in [1.807, 2.05) is 84.4 Å². The summed E-state index contributed by atoms with van der Waals surface area (Å²) in [6.07, 6.45) is 5.71. The van der Waals surface area contributed by atoms with E-state index < -0.39 is 0 Å². The summed E-state index contributed by atoms with van der Waals surface area (Å²) in [6.45, 7) is 2.04. The average Bonchev–Trinajstić information content (AvgIpc) is 3.33. The molecule has 0 aliphatic heterocycles. The first-order chi connectivity index (χ1) is 13.7. The van der Waals surface area contributed by atoms with Crippen molar-refractivity contribution in [3.63, 3.8) is 0 Å². The fourth-order valence-electron chi connectivity index (χ4n) is 3.55. The number of anilines is 1. The number of para-hydroxylation sites is 2. The van der Waals surface area contributed by atoms with Gasteiger partial charge in [-0.05, 0) is 30.7 Å². The van der Waals surface area contributed by atoms with Crippen molar-refractivity contribution in [2.45, 2.75) is 6.92 Å².